The van der Waals surface area contributed by atoms with Gasteiger partial charge in [0.2, 0.25) is 0 Å². The topological polar surface area (TPSA) is 74.8 Å². The van der Waals surface area contributed by atoms with Crippen LogP contribution < -0.4 is 4.90 Å². The minimum absolute atomic E-state index is 0.170. The van der Waals surface area contributed by atoms with Crippen molar-refractivity contribution in [2.75, 3.05) is 17.7 Å². The average Bonchev–Trinajstić information content (AvgIpc) is 3.26. The highest BCUT2D eigenvalue weighted by molar-refractivity contribution is 8.03. The van der Waals surface area contributed by atoms with Gasteiger partial charge in [-0.05, 0) is 18.6 Å². The zero-order valence-corrected chi connectivity index (χ0v) is 17.0. The third kappa shape index (κ3) is 4.37. The van der Waals surface area contributed by atoms with Gasteiger partial charge >= 0.3 is 0 Å². The molecule has 27 heavy (non-hydrogen) atoms. The Bertz CT molecular complexity index is 900. The fraction of sp³-hybridized carbons (Fsp3) is 0.368. The largest absolute Gasteiger partial charge is 0.337 e. The van der Waals surface area contributed by atoms with E-state index in [4.69, 9.17) is 0 Å². The van der Waals surface area contributed by atoms with Crippen molar-refractivity contribution in [1.29, 1.82) is 5.26 Å². The zero-order chi connectivity index (χ0) is 19.2. The van der Waals surface area contributed by atoms with Gasteiger partial charge in [0.1, 0.15) is 23.0 Å². The predicted octanol–water partition coefficient (Wildman–Crippen LogP) is 4.11. The number of rotatable bonds is 8. The Balaban J connectivity index is 1.69. The summed E-state index contributed by atoms with van der Waals surface area (Å²) in [6.45, 7) is 3.01. The Morgan fingerprint density at radius 1 is 1.33 bits per heavy atom. The first-order chi connectivity index (χ1) is 13.2. The van der Waals surface area contributed by atoms with Crippen LogP contribution in [0.2, 0.25) is 0 Å². The molecule has 1 aliphatic rings. The van der Waals surface area contributed by atoms with Gasteiger partial charge in [-0.15, -0.1) is 10.2 Å². The van der Waals surface area contributed by atoms with Crippen molar-refractivity contribution in [2.45, 2.75) is 42.8 Å². The number of unbranched alkanes of at least 4 members (excludes halogenated alkanes) is 2. The number of allylic oxidation sites excluding steroid dienone is 1. The van der Waals surface area contributed by atoms with E-state index in [1.807, 2.05) is 40.8 Å². The Morgan fingerprint density at radius 2 is 2.15 bits per heavy atom. The Hall–Kier alpha value is -2.24. The standard InChI is InChI=1S/C19H21N5OS2/c1-3-4-7-10-24-13-21-22-19(24)26-12-16(25)14(11-20)18-23(2)15-8-5-6-9-17(15)27-18/h5-6,8-9,13H,3-4,7,10,12H2,1-2H3/b18-14-. The molecule has 1 aromatic carbocycles. The number of thioether (sulfide) groups is 2. The molecule has 0 radical (unpaired) electrons. The summed E-state index contributed by atoms with van der Waals surface area (Å²) in [4.78, 5) is 15.7. The summed E-state index contributed by atoms with van der Waals surface area (Å²) >= 11 is 2.80. The molecule has 0 N–H and O–H groups in total. The molecule has 8 heteroatoms. The van der Waals surface area contributed by atoms with Crippen molar-refractivity contribution in [1.82, 2.24) is 14.8 Å². The molecular weight excluding hydrogens is 378 g/mol. The van der Waals surface area contributed by atoms with Crippen LogP contribution in [0.3, 0.4) is 0 Å². The first-order valence-electron chi connectivity index (χ1n) is 8.84. The molecule has 0 unspecified atom stereocenters. The normalized spacial score (nSPS) is 14.8. The molecule has 0 fully saturated rings. The smallest absolute Gasteiger partial charge is 0.191 e. The maximum atomic E-state index is 12.7. The van der Waals surface area contributed by atoms with E-state index in [1.165, 1.54) is 23.5 Å². The van der Waals surface area contributed by atoms with Crippen LogP contribution in [0.25, 0.3) is 0 Å². The van der Waals surface area contributed by atoms with Crippen LogP contribution in [0.1, 0.15) is 26.2 Å². The number of para-hydroxylation sites is 1. The van der Waals surface area contributed by atoms with E-state index in [9.17, 15) is 10.1 Å². The summed E-state index contributed by atoms with van der Waals surface area (Å²) in [7, 11) is 1.89. The third-order valence-electron chi connectivity index (χ3n) is 4.26. The van der Waals surface area contributed by atoms with Gasteiger partial charge in [-0.2, -0.15) is 5.26 Å². The zero-order valence-electron chi connectivity index (χ0n) is 15.4. The highest BCUT2D eigenvalue weighted by Crippen LogP contribution is 2.46. The van der Waals surface area contributed by atoms with Crippen molar-refractivity contribution in [3.63, 3.8) is 0 Å². The second kappa shape index (κ2) is 9.11. The first-order valence-corrected chi connectivity index (χ1v) is 10.6. The number of nitriles is 1. The van der Waals surface area contributed by atoms with E-state index in [0.29, 0.717) is 5.03 Å². The fourth-order valence-corrected chi connectivity index (χ4v) is 4.77. The van der Waals surface area contributed by atoms with Crippen molar-refractivity contribution in [3.8, 4) is 6.07 Å². The summed E-state index contributed by atoms with van der Waals surface area (Å²) in [5, 5.41) is 19.1. The number of carbonyl (C=O) groups is 1. The summed E-state index contributed by atoms with van der Waals surface area (Å²) in [5.41, 5.74) is 1.21. The lowest BCUT2D eigenvalue weighted by Gasteiger charge is -2.14. The van der Waals surface area contributed by atoms with Gasteiger partial charge in [0, 0.05) is 18.5 Å². The number of hydrogen-bond donors (Lipinski definition) is 0. The van der Waals surface area contributed by atoms with Gasteiger partial charge in [-0.1, -0.05) is 55.4 Å². The summed E-state index contributed by atoms with van der Waals surface area (Å²) < 4.78 is 1.97. The van der Waals surface area contributed by atoms with Crippen molar-refractivity contribution in [3.05, 3.63) is 41.2 Å². The number of benzene rings is 1. The quantitative estimate of drug-likeness (QED) is 0.286. The van der Waals surface area contributed by atoms with Crippen molar-refractivity contribution >= 4 is 35.0 Å². The lowest BCUT2D eigenvalue weighted by atomic mass is 10.2. The second-order valence-corrected chi connectivity index (χ2v) is 8.12. The number of aromatic nitrogens is 3. The minimum Gasteiger partial charge on any atom is -0.337 e. The lowest BCUT2D eigenvalue weighted by Crippen LogP contribution is -2.16. The molecule has 1 aromatic heterocycles. The van der Waals surface area contributed by atoms with Gasteiger partial charge in [0.15, 0.2) is 10.9 Å². The molecule has 0 saturated heterocycles. The van der Waals surface area contributed by atoms with Crippen LogP contribution in [0.15, 0.2) is 51.2 Å². The summed E-state index contributed by atoms with van der Waals surface area (Å²) in [5.74, 6) is -0.0170. The Labute approximate surface area is 167 Å². The van der Waals surface area contributed by atoms with E-state index in [1.54, 1.807) is 6.33 Å². The number of hydrogen-bond acceptors (Lipinski definition) is 7. The number of ketones is 1. The molecule has 140 valence electrons. The van der Waals surface area contributed by atoms with Gasteiger partial charge in [-0.25, -0.2) is 0 Å². The van der Waals surface area contributed by atoms with Crippen LogP contribution in [0.4, 0.5) is 5.69 Å². The number of anilines is 1. The van der Waals surface area contributed by atoms with Crippen LogP contribution in [-0.4, -0.2) is 33.3 Å². The van der Waals surface area contributed by atoms with Gasteiger partial charge in [0.05, 0.1) is 11.4 Å². The molecule has 0 spiro atoms. The van der Waals surface area contributed by atoms with Gasteiger partial charge in [0.25, 0.3) is 0 Å². The summed E-state index contributed by atoms with van der Waals surface area (Å²) in [6, 6.07) is 10.0. The molecule has 0 atom stereocenters. The molecule has 1 aliphatic heterocycles. The molecule has 2 heterocycles. The molecule has 0 saturated carbocycles. The van der Waals surface area contributed by atoms with E-state index in [2.05, 4.69) is 23.2 Å². The van der Waals surface area contributed by atoms with E-state index >= 15 is 0 Å². The van der Waals surface area contributed by atoms with Crippen LogP contribution in [0, 0.1) is 11.3 Å². The van der Waals surface area contributed by atoms with Gasteiger partial charge < -0.3 is 9.47 Å². The minimum atomic E-state index is -0.187. The van der Waals surface area contributed by atoms with Crippen molar-refractivity contribution < 1.29 is 4.79 Å². The average molecular weight is 400 g/mol. The maximum Gasteiger partial charge on any atom is 0.191 e. The second-order valence-electron chi connectivity index (χ2n) is 6.15. The Morgan fingerprint density at radius 3 is 2.89 bits per heavy atom. The maximum absolute atomic E-state index is 12.7. The number of nitrogens with zero attached hydrogens (tertiary/aromatic N) is 5. The van der Waals surface area contributed by atoms with E-state index in [0.717, 1.165) is 41.5 Å². The highest BCUT2D eigenvalue weighted by atomic mass is 32.2. The van der Waals surface area contributed by atoms with Crippen LogP contribution >= 0.6 is 23.5 Å². The number of Topliss-reactive ketones (excluding diaryl/α,β-unsaturated/α-hetero) is 1. The Kier molecular flexibility index (Phi) is 6.58. The van der Waals surface area contributed by atoms with E-state index in [-0.39, 0.29) is 17.1 Å². The first kappa shape index (κ1) is 19.5. The molecule has 0 bridgehead atoms. The lowest BCUT2D eigenvalue weighted by molar-refractivity contribution is -0.112. The molecule has 3 rings (SSSR count). The predicted molar refractivity (Wildman–Crippen MR) is 109 cm³/mol. The van der Waals surface area contributed by atoms with E-state index < -0.39 is 0 Å². The molecular formula is C19H21N5OS2. The summed E-state index contributed by atoms with van der Waals surface area (Å²) in [6.07, 6.45) is 5.05. The molecule has 0 amide bonds. The number of fused-ring (bicyclic) bond motifs is 1. The van der Waals surface area contributed by atoms with Crippen LogP contribution in [0.5, 0.6) is 0 Å². The van der Waals surface area contributed by atoms with Crippen molar-refractivity contribution in [2.24, 2.45) is 0 Å². The van der Waals surface area contributed by atoms with Crippen LogP contribution in [-0.2, 0) is 11.3 Å². The third-order valence-corrected chi connectivity index (χ3v) is 6.47. The highest BCUT2D eigenvalue weighted by Gasteiger charge is 2.28. The van der Waals surface area contributed by atoms with Gasteiger partial charge in [-0.3, -0.25) is 4.79 Å². The monoisotopic (exact) mass is 399 g/mol. The molecule has 6 nitrogen and oxygen atoms in total. The molecule has 0 aliphatic carbocycles. The number of carbonyl (C=O) groups excluding carboxylic acids is 1. The molecule has 2 aromatic rings. The fourth-order valence-electron chi connectivity index (χ4n) is 2.79. The number of aryl methyl sites for hydroxylation is 1. The SMILES string of the molecule is CCCCCn1cnnc1SCC(=O)/C(C#N)=C1\Sc2ccccc2N1C.